The molecular weight excluding hydrogens is 232 g/mol. The third kappa shape index (κ3) is 3.01. The van der Waals surface area contributed by atoms with Gasteiger partial charge in [0.15, 0.2) is 0 Å². The summed E-state index contributed by atoms with van der Waals surface area (Å²) in [6.07, 6.45) is 3.71. The molecule has 2 nitrogen and oxygen atoms in total. The Labute approximate surface area is 118 Å². The van der Waals surface area contributed by atoms with Gasteiger partial charge in [-0.3, -0.25) is 4.90 Å². The van der Waals surface area contributed by atoms with Crippen molar-refractivity contribution < 1.29 is 0 Å². The highest BCUT2D eigenvalue weighted by Gasteiger charge is 2.33. The minimum absolute atomic E-state index is 0.471. The van der Waals surface area contributed by atoms with Gasteiger partial charge in [-0.05, 0) is 57.8 Å². The largest absolute Gasteiger partial charge is 0.312 e. The zero-order valence-electron chi connectivity index (χ0n) is 12.8. The highest BCUT2D eigenvalue weighted by atomic mass is 15.2. The molecule has 0 saturated carbocycles. The molecule has 0 heterocycles. The second-order valence-corrected chi connectivity index (χ2v) is 5.90. The topological polar surface area (TPSA) is 15.3 Å². The lowest BCUT2D eigenvalue weighted by Crippen LogP contribution is -2.49. The first-order chi connectivity index (χ1) is 9.19. The monoisotopic (exact) mass is 260 g/mol. The molecule has 1 N–H and O–H groups in total. The predicted molar refractivity (Wildman–Crippen MR) is 82.5 cm³/mol. The van der Waals surface area contributed by atoms with Gasteiger partial charge in [0, 0.05) is 18.1 Å². The summed E-state index contributed by atoms with van der Waals surface area (Å²) in [5.74, 6) is 0. The van der Waals surface area contributed by atoms with Gasteiger partial charge in [0.05, 0.1) is 0 Å². The SMILES string of the molecule is CCCN(C(C)C)C1CCc2ccccc2C1NC. The summed E-state index contributed by atoms with van der Waals surface area (Å²) in [5.41, 5.74) is 3.03. The predicted octanol–water partition coefficient (Wildman–Crippen LogP) is 3.38. The van der Waals surface area contributed by atoms with Gasteiger partial charge in [-0.15, -0.1) is 0 Å². The van der Waals surface area contributed by atoms with Gasteiger partial charge >= 0.3 is 0 Å². The van der Waals surface area contributed by atoms with Gasteiger partial charge in [0.25, 0.3) is 0 Å². The van der Waals surface area contributed by atoms with E-state index in [0.29, 0.717) is 18.1 Å². The first-order valence-electron chi connectivity index (χ1n) is 7.69. The standard InChI is InChI=1S/C17H28N2/c1-5-12-19(13(2)3)16-11-10-14-8-6-7-9-15(14)17(16)18-4/h6-9,13,16-18H,5,10-12H2,1-4H3. The molecule has 2 rings (SSSR count). The average Bonchev–Trinajstić information content (AvgIpc) is 2.43. The molecule has 0 aliphatic heterocycles. The van der Waals surface area contributed by atoms with E-state index in [9.17, 15) is 0 Å². The van der Waals surface area contributed by atoms with Crippen molar-refractivity contribution in [1.82, 2.24) is 10.2 Å². The van der Waals surface area contributed by atoms with Gasteiger partial charge in [0.1, 0.15) is 0 Å². The molecule has 0 amide bonds. The normalized spacial score (nSPS) is 22.8. The van der Waals surface area contributed by atoms with Gasteiger partial charge in [-0.1, -0.05) is 31.2 Å². The number of nitrogens with zero attached hydrogens (tertiary/aromatic N) is 1. The van der Waals surface area contributed by atoms with Crippen molar-refractivity contribution in [3.8, 4) is 0 Å². The van der Waals surface area contributed by atoms with Gasteiger partial charge in [-0.2, -0.15) is 0 Å². The number of fused-ring (bicyclic) bond motifs is 1. The lowest BCUT2D eigenvalue weighted by molar-refractivity contribution is 0.109. The van der Waals surface area contributed by atoms with Crippen molar-refractivity contribution in [3.05, 3.63) is 35.4 Å². The Hall–Kier alpha value is -0.860. The number of likely N-dealkylation sites (N-methyl/N-ethyl adjacent to an activating group) is 1. The number of rotatable bonds is 5. The molecule has 2 atom stereocenters. The maximum absolute atomic E-state index is 3.56. The first-order valence-corrected chi connectivity index (χ1v) is 7.69. The highest BCUT2D eigenvalue weighted by molar-refractivity contribution is 5.34. The Morgan fingerprint density at radius 2 is 2.05 bits per heavy atom. The second kappa shape index (κ2) is 6.53. The van der Waals surface area contributed by atoms with Crippen molar-refractivity contribution >= 4 is 0 Å². The number of aryl methyl sites for hydroxylation is 1. The number of nitrogens with one attached hydrogen (secondary N) is 1. The van der Waals surface area contributed by atoms with Crippen molar-refractivity contribution in [1.29, 1.82) is 0 Å². The molecule has 0 spiro atoms. The van der Waals surface area contributed by atoms with Gasteiger partial charge < -0.3 is 5.32 Å². The minimum Gasteiger partial charge on any atom is -0.312 e. The van der Waals surface area contributed by atoms with E-state index in [1.807, 2.05) is 0 Å². The molecular formula is C17H28N2. The van der Waals surface area contributed by atoms with E-state index >= 15 is 0 Å². The molecule has 19 heavy (non-hydrogen) atoms. The summed E-state index contributed by atoms with van der Waals surface area (Å²) in [4.78, 5) is 2.68. The third-order valence-electron chi connectivity index (χ3n) is 4.37. The Bertz CT molecular complexity index is 400. The van der Waals surface area contributed by atoms with Crippen LogP contribution in [0.2, 0.25) is 0 Å². The zero-order chi connectivity index (χ0) is 13.8. The summed E-state index contributed by atoms with van der Waals surface area (Å²) in [7, 11) is 2.10. The van der Waals surface area contributed by atoms with Crippen molar-refractivity contribution in [2.75, 3.05) is 13.6 Å². The van der Waals surface area contributed by atoms with Crippen LogP contribution in [0, 0.1) is 0 Å². The van der Waals surface area contributed by atoms with Crippen molar-refractivity contribution in [2.24, 2.45) is 0 Å². The molecule has 0 aromatic heterocycles. The molecule has 1 aromatic rings. The number of hydrogen-bond acceptors (Lipinski definition) is 2. The molecule has 1 aliphatic rings. The van der Waals surface area contributed by atoms with Crippen LogP contribution in [0.1, 0.15) is 50.8 Å². The highest BCUT2D eigenvalue weighted by Crippen LogP contribution is 2.33. The lowest BCUT2D eigenvalue weighted by Gasteiger charge is -2.43. The molecule has 1 aromatic carbocycles. The van der Waals surface area contributed by atoms with Crippen LogP contribution in [0.3, 0.4) is 0 Å². The Kier molecular flexibility index (Phi) is 5.00. The zero-order valence-corrected chi connectivity index (χ0v) is 12.8. The van der Waals surface area contributed by atoms with Gasteiger partial charge in [0.2, 0.25) is 0 Å². The Morgan fingerprint density at radius 1 is 1.32 bits per heavy atom. The van der Waals surface area contributed by atoms with Crippen molar-refractivity contribution in [2.45, 2.75) is 58.2 Å². The molecule has 0 saturated heterocycles. The van der Waals surface area contributed by atoms with Crippen LogP contribution in [-0.2, 0) is 6.42 Å². The summed E-state index contributed by atoms with van der Waals surface area (Å²) in [6, 6.07) is 10.6. The first kappa shape index (κ1) is 14.5. The van der Waals surface area contributed by atoms with E-state index in [2.05, 4.69) is 62.3 Å². The maximum atomic E-state index is 3.56. The summed E-state index contributed by atoms with van der Waals surface area (Å²) in [5, 5.41) is 3.56. The van der Waals surface area contributed by atoms with Crippen LogP contribution in [-0.4, -0.2) is 30.6 Å². The number of hydrogen-bond donors (Lipinski definition) is 1. The van der Waals surface area contributed by atoms with Crippen LogP contribution < -0.4 is 5.32 Å². The van der Waals surface area contributed by atoms with Crippen LogP contribution in [0.5, 0.6) is 0 Å². The average molecular weight is 260 g/mol. The molecule has 0 bridgehead atoms. The molecule has 2 unspecified atom stereocenters. The molecule has 0 radical (unpaired) electrons. The van der Waals surface area contributed by atoms with E-state index in [0.717, 1.165) is 0 Å². The van der Waals surface area contributed by atoms with Crippen molar-refractivity contribution in [3.63, 3.8) is 0 Å². The summed E-state index contributed by atoms with van der Waals surface area (Å²) >= 11 is 0. The van der Waals surface area contributed by atoms with Gasteiger partial charge in [-0.25, -0.2) is 0 Å². The fourth-order valence-electron chi connectivity index (χ4n) is 3.51. The van der Waals surface area contributed by atoms with E-state index in [1.165, 1.54) is 36.9 Å². The minimum atomic E-state index is 0.471. The lowest BCUT2D eigenvalue weighted by atomic mass is 9.83. The van der Waals surface area contributed by atoms with Crippen LogP contribution in [0.4, 0.5) is 0 Å². The molecule has 2 heteroatoms. The Morgan fingerprint density at radius 3 is 2.68 bits per heavy atom. The fraction of sp³-hybridized carbons (Fsp3) is 0.647. The fourth-order valence-corrected chi connectivity index (χ4v) is 3.51. The van der Waals surface area contributed by atoms with Crippen LogP contribution in [0.25, 0.3) is 0 Å². The third-order valence-corrected chi connectivity index (χ3v) is 4.37. The second-order valence-electron chi connectivity index (χ2n) is 5.90. The molecule has 0 fully saturated rings. The number of benzene rings is 1. The summed E-state index contributed by atoms with van der Waals surface area (Å²) in [6.45, 7) is 8.12. The quantitative estimate of drug-likeness (QED) is 0.873. The smallest absolute Gasteiger partial charge is 0.0478 e. The molecule has 1 aliphatic carbocycles. The van der Waals surface area contributed by atoms with E-state index < -0.39 is 0 Å². The van der Waals surface area contributed by atoms with E-state index in [4.69, 9.17) is 0 Å². The van der Waals surface area contributed by atoms with Crippen LogP contribution in [0.15, 0.2) is 24.3 Å². The van der Waals surface area contributed by atoms with E-state index in [-0.39, 0.29) is 0 Å². The molecule has 106 valence electrons. The maximum Gasteiger partial charge on any atom is 0.0478 e. The van der Waals surface area contributed by atoms with E-state index in [1.54, 1.807) is 0 Å². The summed E-state index contributed by atoms with van der Waals surface area (Å²) < 4.78 is 0. The van der Waals surface area contributed by atoms with Crippen LogP contribution >= 0.6 is 0 Å². The Balaban J connectivity index is 2.27.